The third kappa shape index (κ3) is 2.89. The zero-order valence-corrected chi connectivity index (χ0v) is 13.6. The molecule has 5 heteroatoms. The molecule has 0 atom stereocenters. The van der Waals surface area contributed by atoms with Gasteiger partial charge in [0.1, 0.15) is 11.5 Å². The number of fused-ring (bicyclic) bond motifs is 1. The number of aryl methyl sites for hydroxylation is 2. The number of benzene rings is 1. The number of hydrogen-bond donors (Lipinski definition) is 1. The van der Waals surface area contributed by atoms with E-state index >= 15 is 0 Å². The monoisotopic (exact) mass is 330 g/mol. The Balaban J connectivity index is 2.10. The lowest BCUT2D eigenvalue weighted by atomic mass is 9.94. The second-order valence-electron chi connectivity index (χ2n) is 6.10. The summed E-state index contributed by atoms with van der Waals surface area (Å²) in [5.74, 6) is -0.951. The second-order valence-corrected chi connectivity index (χ2v) is 6.10. The minimum atomic E-state index is -2.65. The molecule has 0 radical (unpaired) electrons. The van der Waals surface area contributed by atoms with Crippen molar-refractivity contribution in [2.45, 2.75) is 33.2 Å². The lowest BCUT2D eigenvalue weighted by Gasteiger charge is -2.26. The molecule has 0 aliphatic heterocycles. The standard InChI is InChI=1S/C19H20FN3O/c1-12-11-13(2)23-10-9-16(17(23)21-12)18(24)22-19(3,4)14-5-7-15(20)8-6-14/h5-11H,1-4H3,(H,22,24)/i2D3,10D,11D. The average molecular weight is 330 g/mol. The maximum Gasteiger partial charge on any atom is 0.255 e. The zero-order chi connectivity index (χ0) is 21.7. The number of carbonyl (C=O) groups excluding carboxylic acids is 1. The predicted molar refractivity (Wildman–Crippen MR) is 91.6 cm³/mol. The molecule has 0 aliphatic rings. The fourth-order valence-electron chi connectivity index (χ4n) is 2.53. The molecule has 2 aromatic heterocycles. The molecule has 0 unspecified atom stereocenters. The molecule has 0 fully saturated rings. The lowest BCUT2D eigenvalue weighted by Crippen LogP contribution is -2.41. The van der Waals surface area contributed by atoms with E-state index in [1.165, 1.54) is 25.1 Å². The molecule has 1 aromatic carbocycles. The predicted octanol–water partition coefficient (Wildman–Crippen LogP) is 3.76. The van der Waals surface area contributed by atoms with Crippen molar-refractivity contribution in [3.8, 4) is 0 Å². The van der Waals surface area contributed by atoms with Crippen molar-refractivity contribution in [3.05, 3.63) is 70.9 Å². The molecular weight excluding hydrogens is 305 g/mol. The molecule has 24 heavy (non-hydrogen) atoms. The van der Waals surface area contributed by atoms with Gasteiger partial charge in [-0.2, -0.15) is 0 Å². The highest BCUT2D eigenvalue weighted by Crippen LogP contribution is 2.22. The summed E-state index contributed by atoms with van der Waals surface area (Å²) in [5.41, 5.74) is -0.378. The molecular formula is C19H20FN3O. The van der Waals surface area contributed by atoms with Crippen LogP contribution in [0.3, 0.4) is 0 Å². The number of nitrogens with zero attached hydrogens (tertiary/aromatic N) is 2. The molecule has 124 valence electrons. The number of aromatic nitrogens is 2. The number of halogens is 1. The average Bonchev–Trinajstić information content (AvgIpc) is 2.91. The van der Waals surface area contributed by atoms with Crippen molar-refractivity contribution in [2.24, 2.45) is 0 Å². The number of rotatable bonds is 3. The first-order valence-electron chi connectivity index (χ1n) is 9.91. The Bertz CT molecular complexity index is 1100. The SMILES string of the molecule is [2H]c1c(C)nc2c(C(=O)NC(C)(C)c3ccc(F)cc3)cc([2H])n2c1C([2H])([2H])[2H]. The lowest BCUT2D eigenvalue weighted by molar-refractivity contribution is 0.0913. The first-order chi connectivity index (χ1) is 13.3. The fourth-order valence-corrected chi connectivity index (χ4v) is 2.53. The largest absolute Gasteiger partial charge is 0.343 e. The van der Waals surface area contributed by atoms with Crippen LogP contribution in [0.15, 0.2) is 42.5 Å². The summed E-state index contributed by atoms with van der Waals surface area (Å²) in [5, 5.41) is 2.82. The third-order valence-corrected chi connectivity index (χ3v) is 3.82. The molecule has 1 N–H and O–H groups in total. The van der Waals surface area contributed by atoms with Crippen molar-refractivity contribution in [1.29, 1.82) is 0 Å². The van der Waals surface area contributed by atoms with Crippen molar-refractivity contribution in [1.82, 2.24) is 14.7 Å². The highest BCUT2D eigenvalue weighted by molar-refractivity contribution is 6.00. The van der Waals surface area contributed by atoms with Crippen LogP contribution in [0, 0.1) is 19.6 Å². The Morgan fingerprint density at radius 2 is 2.04 bits per heavy atom. The summed E-state index contributed by atoms with van der Waals surface area (Å²) in [6.45, 7) is 2.32. The summed E-state index contributed by atoms with van der Waals surface area (Å²) in [4.78, 5) is 17.2. The Kier molecular flexibility index (Phi) is 2.63. The van der Waals surface area contributed by atoms with Crippen LogP contribution in [0.2, 0.25) is 0 Å². The van der Waals surface area contributed by atoms with Gasteiger partial charge in [0.2, 0.25) is 0 Å². The van der Waals surface area contributed by atoms with E-state index in [1.807, 2.05) is 0 Å². The molecule has 2 heterocycles. The number of carbonyl (C=O) groups is 1. The molecule has 0 saturated heterocycles. The quantitative estimate of drug-likeness (QED) is 0.795. The van der Waals surface area contributed by atoms with Gasteiger partial charge < -0.3 is 9.72 Å². The van der Waals surface area contributed by atoms with Gasteiger partial charge in [-0.1, -0.05) is 12.1 Å². The topological polar surface area (TPSA) is 46.4 Å². The van der Waals surface area contributed by atoms with Gasteiger partial charge in [-0.3, -0.25) is 4.79 Å². The van der Waals surface area contributed by atoms with Crippen molar-refractivity contribution < 1.29 is 16.0 Å². The van der Waals surface area contributed by atoms with Crippen molar-refractivity contribution in [2.75, 3.05) is 0 Å². The van der Waals surface area contributed by atoms with Crippen LogP contribution in [-0.4, -0.2) is 15.3 Å². The Hall–Kier alpha value is -2.69. The van der Waals surface area contributed by atoms with Crippen LogP contribution < -0.4 is 5.32 Å². The van der Waals surface area contributed by atoms with Crippen LogP contribution in [-0.2, 0) is 5.54 Å². The summed E-state index contributed by atoms with van der Waals surface area (Å²) in [6, 6.07) is 6.65. The first kappa shape index (κ1) is 11.0. The van der Waals surface area contributed by atoms with Gasteiger partial charge in [-0.05, 0) is 57.4 Å². The summed E-state index contributed by atoms with van der Waals surface area (Å²) < 4.78 is 53.6. The van der Waals surface area contributed by atoms with E-state index in [1.54, 1.807) is 26.0 Å². The van der Waals surface area contributed by atoms with Gasteiger partial charge in [0.25, 0.3) is 5.91 Å². The minimum absolute atomic E-state index is 0.00188. The molecule has 0 bridgehead atoms. The van der Waals surface area contributed by atoms with Gasteiger partial charge in [0.05, 0.1) is 13.8 Å². The van der Waals surface area contributed by atoms with E-state index in [4.69, 9.17) is 6.85 Å². The molecule has 0 spiro atoms. The summed E-state index contributed by atoms with van der Waals surface area (Å²) >= 11 is 0. The summed E-state index contributed by atoms with van der Waals surface area (Å²) in [6.07, 6.45) is -0.253. The minimum Gasteiger partial charge on any atom is -0.343 e. The maximum absolute atomic E-state index is 13.2. The molecule has 4 nitrogen and oxygen atoms in total. The molecule has 0 saturated carbocycles. The summed E-state index contributed by atoms with van der Waals surface area (Å²) in [7, 11) is 0. The van der Waals surface area contributed by atoms with E-state index in [0.717, 1.165) is 4.40 Å². The van der Waals surface area contributed by atoms with Gasteiger partial charge in [0.15, 0.2) is 0 Å². The zero-order valence-electron chi connectivity index (χ0n) is 18.6. The highest BCUT2D eigenvalue weighted by atomic mass is 19.1. The Labute approximate surface area is 147 Å². The third-order valence-electron chi connectivity index (χ3n) is 3.82. The van der Waals surface area contributed by atoms with Crippen LogP contribution >= 0.6 is 0 Å². The number of nitrogens with one attached hydrogen (secondary N) is 1. The smallest absolute Gasteiger partial charge is 0.255 e. The maximum atomic E-state index is 13.2. The second kappa shape index (κ2) is 5.74. The van der Waals surface area contributed by atoms with E-state index in [9.17, 15) is 9.18 Å². The Morgan fingerprint density at radius 3 is 2.71 bits per heavy atom. The van der Waals surface area contributed by atoms with Gasteiger partial charge >= 0.3 is 0 Å². The molecule has 0 aliphatic carbocycles. The number of amides is 1. The molecule has 1 amide bonds. The Morgan fingerprint density at radius 1 is 1.33 bits per heavy atom. The van der Waals surface area contributed by atoms with Crippen LogP contribution in [0.25, 0.3) is 5.65 Å². The van der Waals surface area contributed by atoms with E-state index < -0.39 is 24.1 Å². The van der Waals surface area contributed by atoms with Gasteiger partial charge in [-0.15, -0.1) is 0 Å². The highest BCUT2D eigenvalue weighted by Gasteiger charge is 2.25. The van der Waals surface area contributed by atoms with Crippen LogP contribution in [0.5, 0.6) is 0 Å². The van der Waals surface area contributed by atoms with Gasteiger partial charge in [0, 0.05) is 21.7 Å². The van der Waals surface area contributed by atoms with E-state index in [2.05, 4.69) is 10.3 Å². The van der Waals surface area contributed by atoms with Crippen LogP contribution in [0.1, 0.15) is 48.0 Å². The normalized spacial score (nSPS) is 15.2. The molecule has 3 aromatic rings. The van der Waals surface area contributed by atoms with Crippen molar-refractivity contribution in [3.63, 3.8) is 0 Å². The van der Waals surface area contributed by atoms with E-state index in [-0.39, 0.29) is 34.8 Å². The molecule has 3 rings (SSSR count). The van der Waals surface area contributed by atoms with E-state index in [0.29, 0.717) is 5.56 Å². The first-order valence-corrected chi connectivity index (χ1v) is 7.41. The number of hydrogen-bond acceptors (Lipinski definition) is 2. The van der Waals surface area contributed by atoms with Gasteiger partial charge in [-0.25, -0.2) is 9.37 Å². The fraction of sp³-hybridized carbons (Fsp3) is 0.263. The van der Waals surface area contributed by atoms with Crippen molar-refractivity contribution >= 4 is 11.6 Å². The van der Waals surface area contributed by atoms with Crippen LogP contribution in [0.4, 0.5) is 4.39 Å².